The summed E-state index contributed by atoms with van der Waals surface area (Å²) in [5.41, 5.74) is 5.23. The Morgan fingerprint density at radius 2 is 2.29 bits per heavy atom. The number of hydrogen-bond acceptors (Lipinski definition) is 4. The molecule has 0 saturated carbocycles. The van der Waals surface area contributed by atoms with Crippen LogP contribution in [0.4, 0.5) is 0 Å². The molecule has 0 amide bonds. The van der Waals surface area contributed by atoms with E-state index in [-0.39, 0.29) is 6.04 Å². The molecule has 0 aliphatic heterocycles. The van der Waals surface area contributed by atoms with E-state index < -0.39 is 0 Å². The molecule has 0 spiro atoms. The maximum absolute atomic E-state index is 5.76. The number of thiophene rings is 1. The van der Waals surface area contributed by atoms with Gasteiger partial charge < -0.3 is 0 Å². The number of hydrazine groups is 1. The molecule has 90 valence electrons. The zero-order chi connectivity index (χ0) is 12.1. The maximum Gasteiger partial charge on any atom is 0.129 e. The number of halogens is 1. The standard InChI is InChI=1S/C12H14ClN3S/c13-12-4-2-10(7-15-12)11(16-14)3-1-9-5-6-17-8-9/h2,4-8,11,16H,1,3,14H2. The summed E-state index contributed by atoms with van der Waals surface area (Å²) < 4.78 is 0. The number of nitrogens with one attached hydrogen (secondary N) is 1. The van der Waals surface area contributed by atoms with E-state index in [0.717, 1.165) is 18.4 Å². The molecule has 2 heterocycles. The average Bonchev–Trinajstić information content (AvgIpc) is 2.85. The van der Waals surface area contributed by atoms with Crippen LogP contribution in [0.3, 0.4) is 0 Å². The Balaban J connectivity index is 1.99. The molecule has 17 heavy (non-hydrogen) atoms. The minimum atomic E-state index is 0.111. The largest absolute Gasteiger partial charge is 0.271 e. The number of hydrogen-bond donors (Lipinski definition) is 2. The van der Waals surface area contributed by atoms with Gasteiger partial charge in [0.1, 0.15) is 5.15 Å². The number of rotatable bonds is 5. The number of aryl methyl sites for hydroxylation is 1. The van der Waals surface area contributed by atoms with E-state index in [2.05, 4.69) is 27.2 Å². The number of nitrogens with zero attached hydrogens (tertiary/aromatic N) is 1. The van der Waals surface area contributed by atoms with Crippen LogP contribution in [0.15, 0.2) is 35.2 Å². The normalized spacial score (nSPS) is 12.6. The van der Waals surface area contributed by atoms with Gasteiger partial charge in [-0.2, -0.15) is 11.3 Å². The highest BCUT2D eigenvalue weighted by molar-refractivity contribution is 7.07. The molecule has 1 unspecified atom stereocenters. The summed E-state index contributed by atoms with van der Waals surface area (Å²) in [6.45, 7) is 0. The summed E-state index contributed by atoms with van der Waals surface area (Å²) in [6.07, 6.45) is 3.71. The fourth-order valence-electron chi connectivity index (χ4n) is 1.69. The smallest absolute Gasteiger partial charge is 0.129 e. The predicted molar refractivity (Wildman–Crippen MR) is 72.0 cm³/mol. The van der Waals surface area contributed by atoms with Crippen LogP contribution in [0.25, 0.3) is 0 Å². The van der Waals surface area contributed by atoms with Crippen LogP contribution in [-0.4, -0.2) is 4.98 Å². The SMILES string of the molecule is NNC(CCc1ccsc1)c1ccc(Cl)nc1. The minimum Gasteiger partial charge on any atom is -0.271 e. The first kappa shape index (κ1) is 12.5. The van der Waals surface area contributed by atoms with Crippen molar-refractivity contribution < 1.29 is 0 Å². The average molecular weight is 268 g/mol. The lowest BCUT2D eigenvalue weighted by molar-refractivity contribution is 0.515. The Kier molecular flexibility index (Phi) is 4.50. The molecule has 1 atom stereocenters. The molecule has 0 saturated heterocycles. The molecule has 0 aromatic carbocycles. The van der Waals surface area contributed by atoms with Gasteiger partial charge in [-0.25, -0.2) is 4.98 Å². The summed E-state index contributed by atoms with van der Waals surface area (Å²) in [5, 5.41) is 4.75. The second-order valence-electron chi connectivity index (χ2n) is 3.80. The van der Waals surface area contributed by atoms with E-state index in [1.165, 1.54) is 5.56 Å². The van der Waals surface area contributed by atoms with Crippen molar-refractivity contribution in [3.05, 3.63) is 51.4 Å². The quantitative estimate of drug-likeness (QED) is 0.498. The zero-order valence-electron chi connectivity index (χ0n) is 9.27. The van der Waals surface area contributed by atoms with E-state index in [1.54, 1.807) is 23.6 Å². The second kappa shape index (κ2) is 6.12. The van der Waals surface area contributed by atoms with Crippen LogP contribution < -0.4 is 11.3 Å². The van der Waals surface area contributed by atoms with E-state index in [4.69, 9.17) is 17.4 Å². The van der Waals surface area contributed by atoms with Crippen LogP contribution in [0.1, 0.15) is 23.6 Å². The van der Waals surface area contributed by atoms with E-state index in [1.807, 2.05) is 6.07 Å². The monoisotopic (exact) mass is 267 g/mol. The molecule has 2 aromatic rings. The van der Waals surface area contributed by atoms with Gasteiger partial charge >= 0.3 is 0 Å². The second-order valence-corrected chi connectivity index (χ2v) is 4.97. The van der Waals surface area contributed by atoms with Gasteiger partial charge in [-0.15, -0.1) is 0 Å². The fourth-order valence-corrected chi connectivity index (χ4v) is 2.50. The molecule has 0 bridgehead atoms. The summed E-state index contributed by atoms with van der Waals surface area (Å²) in [6, 6.07) is 5.98. The molecule has 3 N–H and O–H groups in total. The third kappa shape index (κ3) is 3.51. The van der Waals surface area contributed by atoms with Gasteiger partial charge in [-0.3, -0.25) is 11.3 Å². The van der Waals surface area contributed by atoms with Gasteiger partial charge in [-0.1, -0.05) is 17.7 Å². The summed E-state index contributed by atoms with van der Waals surface area (Å²) >= 11 is 7.47. The van der Waals surface area contributed by atoms with Gasteiger partial charge in [-0.05, 0) is 46.9 Å². The van der Waals surface area contributed by atoms with Crippen molar-refractivity contribution in [3.63, 3.8) is 0 Å². The highest BCUT2D eigenvalue weighted by atomic mass is 35.5. The van der Waals surface area contributed by atoms with Crippen molar-refractivity contribution in [2.24, 2.45) is 5.84 Å². The van der Waals surface area contributed by atoms with Crippen LogP contribution in [0.2, 0.25) is 5.15 Å². The highest BCUT2D eigenvalue weighted by Gasteiger charge is 2.10. The van der Waals surface area contributed by atoms with Crippen LogP contribution >= 0.6 is 22.9 Å². The molecule has 2 rings (SSSR count). The minimum absolute atomic E-state index is 0.111. The Labute approximate surface area is 110 Å². The first-order valence-corrected chi connectivity index (χ1v) is 6.70. The predicted octanol–water partition coefficient (Wildman–Crippen LogP) is 2.93. The molecule has 0 aliphatic carbocycles. The maximum atomic E-state index is 5.76. The number of aromatic nitrogens is 1. The number of pyridine rings is 1. The summed E-state index contributed by atoms with van der Waals surface area (Å²) in [7, 11) is 0. The van der Waals surface area contributed by atoms with Crippen molar-refractivity contribution in [3.8, 4) is 0 Å². The summed E-state index contributed by atoms with van der Waals surface area (Å²) in [5.74, 6) is 5.57. The van der Waals surface area contributed by atoms with Crippen molar-refractivity contribution in [2.75, 3.05) is 0 Å². The molecule has 0 fully saturated rings. The number of nitrogens with two attached hydrogens (primary N) is 1. The van der Waals surface area contributed by atoms with E-state index in [0.29, 0.717) is 5.15 Å². The van der Waals surface area contributed by atoms with Crippen molar-refractivity contribution in [1.82, 2.24) is 10.4 Å². The lowest BCUT2D eigenvalue weighted by Gasteiger charge is -2.15. The molecule has 0 aliphatic rings. The Bertz CT molecular complexity index is 441. The zero-order valence-corrected chi connectivity index (χ0v) is 10.8. The summed E-state index contributed by atoms with van der Waals surface area (Å²) in [4.78, 5) is 4.06. The lowest BCUT2D eigenvalue weighted by Crippen LogP contribution is -2.28. The fraction of sp³-hybridized carbons (Fsp3) is 0.250. The van der Waals surface area contributed by atoms with Gasteiger partial charge in [0.15, 0.2) is 0 Å². The topological polar surface area (TPSA) is 50.9 Å². The molecular weight excluding hydrogens is 254 g/mol. The van der Waals surface area contributed by atoms with Gasteiger partial charge in [0.2, 0.25) is 0 Å². The lowest BCUT2D eigenvalue weighted by atomic mass is 10.0. The molecular formula is C12H14ClN3S. The van der Waals surface area contributed by atoms with Crippen molar-refractivity contribution in [2.45, 2.75) is 18.9 Å². The van der Waals surface area contributed by atoms with E-state index >= 15 is 0 Å². The molecule has 3 nitrogen and oxygen atoms in total. The van der Waals surface area contributed by atoms with Crippen molar-refractivity contribution in [1.29, 1.82) is 0 Å². The first-order chi connectivity index (χ1) is 8.29. The molecule has 2 aromatic heterocycles. The third-order valence-corrected chi connectivity index (χ3v) is 3.61. The van der Waals surface area contributed by atoms with Gasteiger partial charge in [0.05, 0.1) is 0 Å². The van der Waals surface area contributed by atoms with Crippen LogP contribution in [0, 0.1) is 0 Å². The third-order valence-electron chi connectivity index (χ3n) is 2.66. The molecule has 0 radical (unpaired) electrons. The van der Waals surface area contributed by atoms with Gasteiger partial charge in [0.25, 0.3) is 0 Å². The van der Waals surface area contributed by atoms with Gasteiger partial charge in [0, 0.05) is 12.2 Å². The van der Waals surface area contributed by atoms with Crippen LogP contribution in [-0.2, 0) is 6.42 Å². The first-order valence-electron chi connectivity index (χ1n) is 5.38. The Morgan fingerprint density at radius 1 is 1.41 bits per heavy atom. The Hall–Kier alpha value is -0.940. The highest BCUT2D eigenvalue weighted by Crippen LogP contribution is 2.19. The van der Waals surface area contributed by atoms with E-state index in [9.17, 15) is 0 Å². The van der Waals surface area contributed by atoms with Crippen molar-refractivity contribution >= 4 is 22.9 Å². The van der Waals surface area contributed by atoms with Crippen LogP contribution in [0.5, 0.6) is 0 Å². The Morgan fingerprint density at radius 3 is 2.88 bits per heavy atom. The molecule has 5 heteroatoms.